The highest BCUT2D eigenvalue weighted by atomic mass is 16.5. The van der Waals surface area contributed by atoms with Gasteiger partial charge >= 0.3 is 5.97 Å². The van der Waals surface area contributed by atoms with E-state index in [-0.39, 0.29) is 18.9 Å². The van der Waals surface area contributed by atoms with Gasteiger partial charge < -0.3 is 19.8 Å². The molecule has 27 heavy (non-hydrogen) atoms. The Bertz CT molecular complexity index is 715. The number of hydrogen-bond acceptors (Lipinski definition) is 4. The topological polar surface area (TPSA) is 87.1 Å². The van der Waals surface area contributed by atoms with Gasteiger partial charge in [0.15, 0.2) is 5.60 Å². The minimum absolute atomic E-state index is 0.00469. The van der Waals surface area contributed by atoms with Crippen molar-refractivity contribution in [1.82, 2.24) is 4.90 Å². The normalized spacial score (nSPS) is 23.2. The van der Waals surface area contributed by atoms with Crippen molar-refractivity contribution in [3.05, 3.63) is 29.3 Å². The predicted octanol–water partition coefficient (Wildman–Crippen LogP) is 2.93. The van der Waals surface area contributed by atoms with Crippen LogP contribution < -0.4 is 4.74 Å². The zero-order valence-electron chi connectivity index (χ0n) is 16.9. The van der Waals surface area contributed by atoms with Crippen LogP contribution in [0.15, 0.2) is 18.2 Å². The first-order chi connectivity index (χ1) is 12.5. The number of aliphatic hydroxyl groups excluding tert-OH is 1. The van der Waals surface area contributed by atoms with Gasteiger partial charge in [-0.25, -0.2) is 0 Å². The minimum Gasteiger partial charge on any atom is -0.481 e. The van der Waals surface area contributed by atoms with Crippen LogP contribution in [0.25, 0.3) is 0 Å². The lowest BCUT2D eigenvalue weighted by Gasteiger charge is -2.44. The predicted molar refractivity (Wildman–Crippen MR) is 103 cm³/mol. The number of aliphatic carboxylic acids is 1. The molecule has 1 heterocycles. The van der Waals surface area contributed by atoms with Crippen molar-refractivity contribution >= 4 is 11.9 Å². The van der Waals surface area contributed by atoms with E-state index in [0.717, 1.165) is 11.1 Å². The molecule has 0 radical (unpaired) electrons. The maximum absolute atomic E-state index is 13.0. The fraction of sp³-hybridized carbons (Fsp3) is 0.619. The zero-order chi connectivity index (χ0) is 20.4. The SMILES string of the molecule is CCC[C@]1(C(=O)O)CCN(C(=O)C(C)(C)Oc2cccc(C)c2C)C[C@@H]1O. The number of rotatable bonds is 6. The lowest BCUT2D eigenvalue weighted by Crippen LogP contribution is -2.59. The first-order valence-corrected chi connectivity index (χ1v) is 9.51. The lowest BCUT2D eigenvalue weighted by molar-refractivity contribution is -0.170. The second-order valence-electron chi connectivity index (χ2n) is 8.04. The zero-order valence-corrected chi connectivity index (χ0v) is 16.9. The summed E-state index contributed by atoms with van der Waals surface area (Å²) in [4.78, 5) is 26.3. The Hall–Kier alpha value is -2.08. The van der Waals surface area contributed by atoms with Crippen molar-refractivity contribution < 1.29 is 24.5 Å². The number of carboxylic acids is 1. The van der Waals surface area contributed by atoms with E-state index in [1.165, 1.54) is 4.90 Å². The number of ether oxygens (including phenoxy) is 1. The molecule has 1 fully saturated rings. The van der Waals surface area contributed by atoms with Crippen LogP contribution in [0, 0.1) is 19.3 Å². The van der Waals surface area contributed by atoms with E-state index in [9.17, 15) is 19.8 Å². The highest BCUT2D eigenvalue weighted by Crippen LogP contribution is 2.38. The summed E-state index contributed by atoms with van der Waals surface area (Å²) in [5.41, 5.74) is -0.240. The summed E-state index contributed by atoms with van der Waals surface area (Å²) >= 11 is 0. The van der Waals surface area contributed by atoms with Gasteiger partial charge in [-0.15, -0.1) is 0 Å². The Labute approximate surface area is 161 Å². The molecule has 6 nitrogen and oxygen atoms in total. The standard InChI is InChI=1S/C21H31NO5/c1-6-10-21(19(25)26)11-12-22(13-17(21)23)18(24)20(4,5)27-16-9-7-8-14(2)15(16)3/h7-9,17,23H,6,10-13H2,1-5H3,(H,25,26)/t17-,21-/m0/s1. The number of nitrogens with zero attached hydrogens (tertiary/aromatic N) is 1. The molecular weight excluding hydrogens is 346 g/mol. The van der Waals surface area contributed by atoms with Crippen LogP contribution in [-0.2, 0) is 9.59 Å². The number of amides is 1. The number of likely N-dealkylation sites (tertiary alicyclic amines) is 1. The van der Waals surface area contributed by atoms with Crippen molar-refractivity contribution in [2.45, 2.75) is 65.6 Å². The molecule has 1 aromatic carbocycles. The molecule has 1 aliphatic rings. The van der Waals surface area contributed by atoms with E-state index in [4.69, 9.17) is 4.74 Å². The van der Waals surface area contributed by atoms with E-state index >= 15 is 0 Å². The van der Waals surface area contributed by atoms with Crippen LogP contribution in [0.1, 0.15) is 51.2 Å². The summed E-state index contributed by atoms with van der Waals surface area (Å²) < 4.78 is 6.02. The number of benzene rings is 1. The summed E-state index contributed by atoms with van der Waals surface area (Å²) in [5.74, 6) is -0.593. The monoisotopic (exact) mass is 377 g/mol. The first-order valence-electron chi connectivity index (χ1n) is 9.51. The summed E-state index contributed by atoms with van der Waals surface area (Å²) in [6, 6.07) is 5.70. The number of β-amino-alcohol motifs (C(OH)–C–C–N with tert-alkyl or cyclic N) is 1. The Balaban J connectivity index is 2.15. The van der Waals surface area contributed by atoms with E-state index in [1.54, 1.807) is 13.8 Å². The number of carboxylic acid groups (broad SMARTS) is 1. The summed E-state index contributed by atoms with van der Waals surface area (Å²) in [7, 11) is 0. The molecule has 1 saturated heterocycles. The molecular formula is C21H31NO5. The molecule has 1 aromatic rings. The van der Waals surface area contributed by atoms with E-state index in [1.807, 2.05) is 39.0 Å². The second-order valence-corrected chi connectivity index (χ2v) is 8.04. The quantitative estimate of drug-likeness (QED) is 0.796. The number of aliphatic hydroxyl groups is 1. The summed E-state index contributed by atoms with van der Waals surface area (Å²) in [6.07, 6.45) is 0.207. The fourth-order valence-electron chi connectivity index (χ4n) is 3.79. The van der Waals surface area contributed by atoms with E-state index in [2.05, 4.69) is 0 Å². The third kappa shape index (κ3) is 4.10. The number of hydrogen-bond donors (Lipinski definition) is 2. The van der Waals surface area contributed by atoms with Gasteiger partial charge in [-0.05, 0) is 57.7 Å². The van der Waals surface area contributed by atoms with E-state index in [0.29, 0.717) is 25.1 Å². The lowest BCUT2D eigenvalue weighted by atomic mass is 9.72. The largest absolute Gasteiger partial charge is 0.481 e. The van der Waals surface area contributed by atoms with Gasteiger partial charge in [-0.2, -0.15) is 0 Å². The molecule has 2 rings (SSSR count). The molecule has 1 amide bonds. The number of carbonyl (C=O) groups excluding carboxylic acids is 1. The van der Waals surface area contributed by atoms with Gasteiger partial charge in [0.25, 0.3) is 5.91 Å². The molecule has 6 heteroatoms. The van der Waals surface area contributed by atoms with Gasteiger partial charge in [-0.3, -0.25) is 9.59 Å². The maximum atomic E-state index is 13.0. The van der Waals surface area contributed by atoms with Crippen LogP contribution >= 0.6 is 0 Å². The van der Waals surface area contributed by atoms with Crippen LogP contribution in [0.5, 0.6) is 5.75 Å². The number of piperidine rings is 1. The molecule has 1 aliphatic heterocycles. The Kier molecular flexibility index (Phi) is 6.20. The fourth-order valence-corrected chi connectivity index (χ4v) is 3.79. The first kappa shape index (κ1) is 21.2. The summed E-state index contributed by atoms with van der Waals surface area (Å²) in [5, 5.41) is 20.2. The highest BCUT2D eigenvalue weighted by molar-refractivity contribution is 5.85. The Morgan fingerprint density at radius 2 is 2.00 bits per heavy atom. The average molecular weight is 377 g/mol. The van der Waals surface area contributed by atoms with Gasteiger partial charge in [0.1, 0.15) is 5.75 Å². The molecule has 0 aliphatic carbocycles. The molecule has 0 saturated carbocycles. The maximum Gasteiger partial charge on any atom is 0.312 e. The van der Waals surface area contributed by atoms with Crippen molar-refractivity contribution in [2.24, 2.45) is 5.41 Å². The molecule has 150 valence electrons. The van der Waals surface area contributed by atoms with Crippen molar-refractivity contribution in [2.75, 3.05) is 13.1 Å². The molecule has 0 unspecified atom stereocenters. The van der Waals surface area contributed by atoms with Crippen LogP contribution in [0.3, 0.4) is 0 Å². The van der Waals surface area contributed by atoms with Crippen LogP contribution in [0.2, 0.25) is 0 Å². The Morgan fingerprint density at radius 1 is 1.33 bits per heavy atom. The Morgan fingerprint density at radius 3 is 2.56 bits per heavy atom. The van der Waals surface area contributed by atoms with Crippen molar-refractivity contribution in [3.63, 3.8) is 0 Å². The van der Waals surface area contributed by atoms with Gasteiger partial charge in [0.2, 0.25) is 0 Å². The van der Waals surface area contributed by atoms with Gasteiger partial charge in [0, 0.05) is 13.1 Å². The molecule has 2 atom stereocenters. The average Bonchev–Trinajstić information content (AvgIpc) is 2.60. The second kappa shape index (κ2) is 7.89. The number of carbonyl (C=O) groups is 2. The summed E-state index contributed by atoms with van der Waals surface area (Å²) in [6.45, 7) is 9.53. The van der Waals surface area contributed by atoms with Gasteiger partial charge in [0.05, 0.1) is 11.5 Å². The molecule has 2 N–H and O–H groups in total. The van der Waals surface area contributed by atoms with Gasteiger partial charge in [-0.1, -0.05) is 25.5 Å². The third-order valence-electron chi connectivity index (χ3n) is 5.70. The molecule has 0 spiro atoms. The highest BCUT2D eigenvalue weighted by Gasteiger charge is 2.50. The molecule has 0 bridgehead atoms. The van der Waals surface area contributed by atoms with E-state index < -0.39 is 23.1 Å². The van der Waals surface area contributed by atoms with Crippen molar-refractivity contribution in [3.8, 4) is 5.75 Å². The van der Waals surface area contributed by atoms with Crippen LogP contribution in [0.4, 0.5) is 0 Å². The minimum atomic E-state index is -1.18. The number of aryl methyl sites for hydroxylation is 1. The van der Waals surface area contributed by atoms with Crippen LogP contribution in [-0.4, -0.2) is 51.8 Å². The van der Waals surface area contributed by atoms with Crippen molar-refractivity contribution in [1.29, 1.82) is 0 Å². The third-order valence-corrected chi connectivity index (χ3v) is 5.70. The smallest absolute Gasteiger partial charge is 0.312 e. The molecule has 0 aromatic heterocycles.